The minimum Gasteiger partial charge on any atom is -0.0654 e. The number of benzene rings is 2. The van der Waals surface area contributed by atoms with Crippen LogP contribution in [-0.2, 0) is 0 Å². The summed E-state index contributed by atoms with van der Waals surface area (Å²) in [6.45, 7) is 42.2. The van der Waals surface area contributed by atoms with Crippen LogP contribution in [0.3, 0.4) is 0 Å². The fourth-order valence-electron chi connectivity index (χ4n) is 4.63. The Labute approximate surface area is 294 Å². The molecule has 0 aliphatic rings. The zero-order valence-electron chi connectivity index (χ0n) is 35.5. The molecule has 0 unspecified atom stereocenters. The molecule has 0 fully saturated rings. The Hall–Kier alpha value is -1.56. The minimum atomic E-state index is 0.583. The molecule has 0 radical (unpaired) electrons. The quantitative estimate of drug-likeness (QED) is 0.229. The van der Waals surface area contributed by atoms with Gasteiger partial charge < -0.3 is 0 Å². The molecule has 0 heteroatoms. The average Bonchev–Trinajstić information content (AvgIpc) is 3.01. The highest BCUT2D eigenvalue weighted by Crippen LogP contribution is 2.22. The summed E-state index contributed by atoms with van der Waals surface area (Å²) in [6.07, 6.45) is 14.8. The van der Waals surface area contributed by atoms with Crippen LogP contribution in [0.25, 0.3) is 0 Å². The Morgan fingerprint density at radius 1 is 0.457 bits per heavy atom. The largest absolute Gasteiger partial charge is 0.0654 e. The van der Waals surface area contributed by atoms with Crippen LogP contribution in [0.15, 0.2) is 36.4 Å². The van der Waals surface area contributed by atoms with Crippen molar-refractivity contribution in [3.8, 4) is 0 Å². The van der Waals surface area contributed by atoms with E-state index in [1.807, 2.05) is 0 Å². The predicted molar refractivity (Wildman–Crippen MR) is 219 cm³/mol. The van der Waals surface area contributed by atoms with Crippen molar-refractivity contribution in [2.45, 2.75) is 202 Å². The third kappa shape index (κ3) is 35.3. The van der Waals surface area contributed by atoms with Gasteiger partial charge in [0.1, 0.15) is 0 Å². The second kappa shape index (κ2) is 33.3. The molecule has 0 aromatic heterocycles. The van der Waals surface area contributed by atoms with E-state index in [0.29, 0.717) is 5.41 Å². The zero-order chi connectivity index (χ0) is 36.7. The van der Waals surface area contributed by atoms with Gasteiger partial charge in [-0.15, -0.1) is 0 Å². The molecule has 2 aromatic carbocycles. The lowest BCUT2D eigenvalue weighted by molar-refractivity contribution is 0.338. The summed E-state index contributed by atoms with van der Waals surface area (Å²) in [5.41, 5.74) is 8.75. The lowest BCUT2D eigenvalue weighted by Crippen LogP contribution is -2.05. The summed E-state index contributed by atoms with van der Waals surface area (Å²) < 4.78 is 0. The third-order valence-corrected chi connectivity index (χ3v) is 9.63. The Morgan fingerprint density at radius 2 is 0.826 bits per heavy atom. The Balaban J connectivity index is -0.000000232. The number of aryl methyl sites for hydroxylation is 6. The molecule has 0 spiro atoms. The van der Waals surface area contributed by atoms with Crippen molar-refractivity contribution in [3.05, 3.63) is 69.8 Å². The van der Waals surface area contributed by atoms with Crippen molar-refractivity contribution >= 4 is 0 Å². The molecule has 0 atom stereocenters. The van der Waals surface area contributed by atoms with Gasteiger partial charge >= 0.3 is 0 Å². The standard InChI is InChI=1S/2C9H12.C8H18.2C7H16.C6H14/c1-7-4-8(2)6-9(3)5-7;1-7-4-5-8(2)9(3)6-7;1-4-6-8(3)7-5-2;1-5-7(3,4)6-2;1-4-7(5-2)6-3;1-4-6(3)5-2/h2*4-6H,1-3H3;8H,4-7H2,1-3H3;5-6H2,1-4H3;7H,4-6H2,1-3H3;6H,4-5H2,1-3H3. The Morgan fingerprint density at radius 3 is 1.00 bits per heavy atom. The monoisotopic (exact) mass is 641 g/mol. The molecule has 0 aliphatic carbocycles. The highest BCUT2D eigenvalue weighted by Gasteiger charge is 2.09. The maximum absolute atomic E-state index is 2.34. The van der Waals surface area contributed by atoms with Crippen LogP contribution >= 0.6 is 0 Å². The molecule has 2 aromatic rings. The molecule has 272 valence electrons. The third-order valence-electron chi connectivity index (χ3n) is 9.63. The van der Waals surface area contributed by atoms with Gasteiger partial charge in [0, 0.05) is 0 Å². The molecule has 2 rings (SSSR count). The van der Waals surface area contributed by atoms with E-state index in [0.717, 1.165) is 17.8 Å². The molecule has 0 nitrogen and oxygen atoms in total. The van der Waals surface area contributed by atoms with Gasteiger partial charge in [0.05, 0.1) is 0 Å². The maximum atomic E-state index is 2.34. The smallest absolute Gasteiger partial charge is 0.0359 e. The summed E-state index contributed by atoms with van der Waals surface area (Å²) in [5.74, 6) is 2.88. The van der Waals surface area contributed by atoms with Gasteiger partial charge in [0.2, 0.25) is 0 Å². The van der Waals surface area contributed by atoms with Gasteiger partial charge in [0.25, 0.3) is 0 Å². The first-order valence-corrected chi connectivity index (χ1v) is 19.6. The Kier molecular flexibility index (Phi) is 37.2. The van der Waals surface area contributed by atoms with Crippen molar-refractivity contribution in [2.24, 2.45) is 23.2 Å². The van der Waals surface area contributed by atoms with Crippen LogP contribution in [0.1, 0.15) is 194 Å². The van der Waals surface area contributed by atoms with Gasteiger partial charge in [-0.3, -0.25) is 0 Å². The highest BCUT2D eigenvalue weighted by molar-refractivity contribution is 5.29. The van der Waals surface area contributed by atoms with Crippen LogP contribution < -0.4 is 0 Å². The SMILES string of the molecule is CCC(C)(C)CC.CCC(C)CC.CCC(CC)CC.CCCC(C)CCC.Cc1cc(C)cc(C)c1.Cc1ccc(C)c(C)c1. The lowest BCUT2D eigenvalue weighted by atomic mass is 9.88. The van der Waals surface area contributed by atoms with E-state index >= 15 is 0 Å². The van der Waals surface area contributed by atoms with Gasteiger partial charge in [-0.2, -0.15) is 0 Å². The molecule has 46 heavy (non-hydrogen) atoms. The fraction of sp³-hybridized carbons (Fsp3) is 0.739. The van der Waals surface area contributed by atoms with E-state index in [4.69, 9.17) is 0 Å². The highest BCUT2D eigenvalue weighted by atomic mass is 14.2. The van der Waals surface area contributed by atoms with Crippen LogP contribution in [0.2, 0.25) is 0 Å². The zero-order valence-corrected chi connectivity index (χ0v) is 35.5. The van der Waals surface area contributed by atoms with Crippen LogP contribution in [0.5, 0.6) is 0 Å². The van der Waals surface area contributed by atoms with Crippen molar-refractivity contribution in [3.63, 3.8) is 0 Å². The molecular weight excluding hydrogens is 553 g/mol. The van der Waals surface area contributed by atoms with Gasteiger partial charge in [-0.1, -0.05) is 219 Å². The van der Waals surface area contributed by atoms with E-state index in [-0.39, 0.29) is 0 Å². The summed E-state index contributed by atoms with van der Waals surface area (Å²) in [6, 6.07) is 13.1. The fourth-order valence-corrected chi connectivity index (χ4v) is 4.63. The van der Waals surface area contributed by atoms with E-state index in [1.54, 1.807) is 0 Å². The first-order chi connectivity index (χ1) is 21.5. The lowest BCUT2D eigenvalue weighted by Gasteiger charge is -2.18. The number of rotatable bonds is 11. The molecule has 0 amide bonds. The number of hydrogen-bond acceptors (Lipinski definition) is 0. The maximum Gasteiger partial charge on any atom is -0.0359 e. The summed E-state index contributed by atoms with van der Waals surface area (Å²) in [5, 5.41) is 0. The predicted octanol–water partition coefficient (Wildman–Crippen LogP) is 16.6. The van der Waals surface area contributed by atoms with Crippen LogP contribution in [0.4, 0.5) is 0 Å². The summed E-state index contributed by atoms with van der Waals surface area (Å²) >= 11 is 0. The summed E-state index contributed by atoms with van der Waals surface area (Å²) in [4.78, 5) is 0. The average molecular weight is 641 g/mol. The normalized spacial score (nSPS) is 10.3. The van der Waals surface area contributed by atoms with Gasteiger partial charge in [-0.25, -0.2) is 0 Å². The van der Waals surface area contributed by atoms with Crippen molar-refractivity contribution in [1.29, 1.82) is 0 Å². The van der Waals surface area contributed by atoms with Gasteiger partial charge in [-0.05, 0) is 75.8 Å². The van der Waals surface area contributed by atoms with E-state index in [1.165, 1.54) is 104 Å². The number of hydrogen-bond donors (Lipinski definition) is 0. The molecular formula is C46H88. The first-order valence-electron chi connectivity index (χ1n) is 19.6. The molecule has 0 saturated carbocycles. The van der Waals surface area contributed by atoms with Crippen molar-refractivity contribution in [1.82, 2.24) is 0 Å². The second-order valence-corrected chi connectivity index (χ2v) is 14.8. The second-order valence-electron chi connectivity index (χ2n) is 14.8. The first kappa shape index (κ1) is 51.3. The van der Waals surface area contributed by atoms with E-state index in [2.05, 4.69) is 168 Å². The van der Waals surface area contributed by atoms with E-state index < -0.39 is 0 Å². The molecule has 0 saturated heterocycles. The topological polar surface area (TPSA) is 0 Å². The van der Waals surface area contributed by atoms with Gasteiger partial charge in [0.15, 0.2) is 0 Å². The van der Waals surface area contributed by atoms with Crippen molar-refractivity contribution in [2.75, 3.05) is 0 Å². The summed E-state index contributed by atoms with van der Waals surface area (Å²) in [7, 11) is 0. The van der Waals surface area contributed by atoms with Crippen molar-refractivity contribution < 1.29 is 0 Å². The molecule has 0 aliphatic heterocycles. The minimum absolute atomic E-state index is 0.583. The molecule has 0 N–H and O–H groups in total. The Bertz CT molecular complexity index is 826. The molecule has 0 bridgehead atoms. The van der Waals surface area contributed by atoms with Crippen LogP contribution in [0, 0.1) is 64.7 Å². The van der Waals surface area contributed by atoms with E-state index in [9.17, 15) is 0 Å². The molecule has 0 heterocycles. The van der Waals surface area contributed by atoms with Crippen LogP contribution in [-0.4, -0.2) is 0 Å².